The van der Waals surface area contributed by atoms with Crippen LogP contribution < -0.4 is 9.46 Å². The number of ether oxygens (including phenoxy) is 2. The third-order valence-corrected chi connectivity index (χ3v) is 5.28. The molecule has 134 valence electrons. The topological polar surface area (TPSA) is 81.7 Å². The van der Waals surface area contributed by atoms with Crippen molar-refractivity contribution in [2.45, 2.75) is 18.2 Å². The van der Waals surface area contributed by atoms with Crippen molar-refractivity contribution in [2.75, 3.05) is 18.9 Å². The lowest BCUT2D eigenvalue weighted by Gasteiger charge is -2.12. The van der Waals surface area contributed by atoms with Crippen LogP contribution in [0.2, 0.25) is 5.02 Å². The van der Waals surface area contributed by atoms with Gasteiger partial charge in [0, 0.05) is 5.69 Å². The number of nitrogens with one attached hydrogen (secondary N) is 1. The van der Waals surface area contributed by atoms with Crippen LogP contribution in [0, 0.1) is 0 Å². The lowest BCUT2D eigenvalue weighted by Crippen LogP contribution is -2.14. The van der Waals surface area contributed by atoms with Crippen molar-refractivity contribution in [1.29, 1.82) is 0 Å². The van der Waals surface area contributed by atoms with E-state index in [0.717, 1.165) is 5.56 Å². The van der Waals surface area contributed by atoms with Crippen molar-refractivity contribution in [3.8, 4) is 5.75 Å². The maximum Gasteiger partial charge on any atom is 0.339 e. The molecular weight excluding hydrogens is 366 g/mol. The molecule has 6 nitrogen and oxygen atoms in total. The summed E-state index contributed by atoms with van der Waals surface area (Å²) in [6.45, 7) is 1.91. The van der Waals surface area contributed by atoms with Crippen LogP contribution >= 0.6 is 11.6 Å². The van der Waals surface area contributed by atoms with Gasteiger partial charge in [-0.3, -0.25) is 4.72 Å². The van der Waals surface area contributed by atoms with Gasteiger partial charge in [-0.2, -0.15) is 0 Å². The second kappa shape index (κ2) is 7.76. The number of carbonyl (C=O) groups excluding carboxylic acids is 1. The molecule has 0 aromatic heterocycles. The highest BCUT2D eigenvalue weighted by Gasteiger charge is 2.18. The number of carbonyl (C=O) groups is 1. The molecule has 0 atom stereocenters. The third kappa shape index (κ3) is 4.24. The highest BCUT2D eigenvalue weighted by atomic mass is 35.5. The summed E-state index contributed by atoms with van der Waals surface area (Å²) >= 11 is 5.94. The molecule has 0 heterocycles. The molecular formula is C17H18ClNO5S. The number of halogens is 1. The van der Waals surface area contributed by atoms with Crippen LogP contribution in [0.15, 0.2) is 41.3 Å². The van der Waals surface area contributed by atoms with Gasteiger partial charge in [-0.25, -0.2) is 13.2 Å². The average molecular weight is 384 g/mol. The maximum absolute atomic E-state index is 12.6. The van der Waals surface area contributed by atoms with Crippen LogP contribution in [0.4, 0.5) is 5.69 Å². The quantitative estimate of drug-likeness (QED) is 0.772. The Bertz CT molecular complexity index is 896. The van der Waals surface area contributed by atoms with Crippen molar-refractivity contribution in [3.63, 3.8) is 0 Å². The van der Waals surface area contributed by atoms with E-state index in [1.54, 1.807) is 12.1 Å². The van der Waals surface area contributed by atoms with E-state index in [4.69, 9.17) is 16.3 Å². The van der Waals surface area contributed by atoms with Crippen LogP contribution in [-0.4, -0.2) is 28.6 Å². The average Bonchev–Trinajstić information content (AvgIpc) is 2.61. The van der Waals surface area contributed by atoms with Crippen molar-refractivity contribution in [2.24, 2.45) is 0 Å². The van der Waals surface area contributed by atoms with Gasteiger partial charge in [0.15, 0.2) is 0 Å². The lowest BCUT2D eigenvalue weighted by atomic mass is 10.1. The summed E-state index contributed by atoms with van der Waals surface area (Å²) < 4.78 is 37.5. The number of hydrogen-bond acceptors (Lipinski definition) is 5. The molecule has 2 aromatic carbocycles. The molecule has 0 aliphatic heterocycles. The van der Waals surface area contributed by atoms with Crippen LogP contribution in [0.3, 0.4) is 0 Å². The second-order valence-electron chi connectivity index (χ2n) is 5.12. The van der Waals surface area contributed by atoms with Gasteiger partial charge in [0.25, 0.3) is 10.0 Å². The first-order valence-corrected chi connectivity index (χ1v) is 9.26. The highest BCUT2D eigenvalue weighted by molar-refractivity contribution is 7.92. The van der Waals surface area contributed by atoms with Crippen molar-refractivity contribution < 1.29 is 22.7 Å². The summed E-state index contributed by atoms with van der Waals surface area (Å²) in [6, 6.07) is 8.84. The Balaban J connectivity index is 2.38. The Morgan fingerprint density at radius 3 is 2.48 bits per heavy atom. The molecule has 2 rings (SSSR count). The van der Waals surface area contributed by atoms with E-state index in [9.17, 15) is 13.2 Å². The Morgan fingerprint density at radius 1 is 1.16 bits per heavy atom. The molecule has 0 saturated heterocycles. The number of sulfonamides is 1. The number of methoxy groups -OCH3 is 2. The van der Waals surface area contributed by atoms with Crippen molar-refractivity contribution >= 4 is 33.3 Å². The lowest BCUT2D eigenvalue weighted by molar-refractivity contribution is 0.0601. The zero-order chi connectivity index (χ0) is 18.6. The predicted octanol–water partition coefficient (Wildman–Crippen LogP) is 3.50. The van der Waals surface area contributed by atoms with Gasteiger partial charge >= 0.3 is 5.97 Å². The summed E-state index contributed by atoms with van der Waals surface area (Å²) in [5.74, 6) is -0.0234. The number of benzene rings is 2. The molecule has 0 saturated carbocycles. The fraction of sp³-hybridized carbons (Fsp3) is 0.235. The monoisotopic (exact) mass is 383 g/mol. The van der Waals surface area contributed by atoms with E-state index in [1.807, 2.05) is 6.92 Å². The first-order chi connectivity index (χ1) is 11.8. The van der Waals surface area contributed by atoms with Crippen molar-refractivity contribution in [3.05, 3.63) is 52.5 Å². The zero-order valence-electron chi connectivity index (χ0n) is 14.0. The maximum atomic E-state index is 12.6. The Labute approximate surface area is 151 Å². The van der Waals surface area contributed by atoms with E-state index < -0.39 is 16.0 Å². The number of hydrogen-bond donors (Lipinski definition) is 1. The fourth-order valence-corrected chi connectivity index (χ4v) is 3.56. The SMILES string of the molecule is CCc1cc(S(=O)(=O)Nc2ccc(Cl)c(C(=O)OC)c2)ccc1OC. The number of anilines is 1. The van der Waals surface area contributed by atoms with Crippen LogP contribution in [0.25, 0.3) is 0 Å². The molecule has 0 aliphatic rings. The fourth-order valence-electron chi connectivity index (χ4n) is 2.27. The number of aryl methyl sites for hydroxylation is 1. The van der Waals surface area contributed by atoms with E-state index in [-0.39, 0.29) is 21.2 Å². The summed E-state index contributed by atoms with van der Waals surface area (Å²) in [7, 11) is -1.08. The summed E-state index contributed by atoms with van der Waals surface area (Å²) in [4.78, 5) is 11.8. The Kier molecular flexibility index (Phi) is 5.92. The van der Waals surface area contributed by atoms with Gasteiger partial charge in [0.2, 0.25) is 0 Å². The Morgan fingerprint density at radius 2 is 1.88 bits per heavy atom. The van der Waals surface area contributed by atoms with Gasteiger partial charge in [-0.15, -0.1) is 0 Å². The molecule has 0 unspecified atom stereocenters. The molecule has 2 aromatic rings. The van der Waals surface area contributed by atoms with Crippen molar-refractivity contribution in [1.82, 2.24) is 0 Å². The second-order valence-corrected chi connectivity index (χ2v) is 7.21. The van der Waals surface area contributed by atoms with Gasteiger partial charge in [-0.1, -0.05) is 18.5 Å². The Hall–Kier alpha value is -2.25. The highest BCUT2D eigenvalue weighted by Crippen LogP contribution is 2.26. The first-order valence-electron chi connectivity index (χ1n) is 7.40. The van der Waals surface area contributed by atoms with E-state index in [1.165, 1.54) is 38.5 Å². The molecule has 8 heteroatoms. The molecule has 1 N–H and O–H groups in total. The summed E-state index contributed by atoms with van der Waals surface area (Å²) in [6.07, 6.45) is 0.625. The van der Waals surface area contributed by atoms with Crippen LogP contribution in [0.5, 0.6) is 5.75 Å². The minimum absolute atomic E-state index is 0.0772. The van der Waals surface area contributed by atoms with E-state index >= 15 is 0 Å². The molecule has 0 radical (unpaired) electrons. The van der Waals surface area contributed by atoms with Gasteiger partial charge in [0.1, 0.15) is 5.75 Å². The standard InChI is InChI=1S/C17H18ClNO5S/c1-4-11-9-13(6-8-16(11)23-2)25(21,22)19-12-5-7-15(18)14(10-12)17(20)24-3/h5-10,19H,4H2,1-3H3. The summed E-state index contributed by atoms with van der Waals surface area (Å²) in [5, 5.41) is 0.174. The van der Waals surface area contributed by atoms with Gasteiger partial charge in [0.05, 0.1) is 29.7 Å². The molecule has 0 spiro atoms. The van der Waals surface area contributed by atoms with Crippen LogP contribution in [0.1, 0.15) is 22.8 Å². The van der Waals surface area contributed by atoms with E-state index in [2.05, 4.69) is 9.46 Å². The number of esters is 1. The third-order valence-electron chi connectivity index (χ3n) is 3.57. The summed E-state index contributed by atoms with van der Waals surface area (Å²) in [5.41, 5.74) is 1.06. The van der Waals surface area contributed by atoms with Gasteiger partial charge < -0.3 is 9.47 Å². The zero-order valence-corrected chi connectivity index (χ0v) is 15.6. The largest absolute Gasteiger partial charge is 0.496 e. The first kappa shape index (κ1) is 19.1. The molecule has 0 bridgehead atoms. The molecule has 25 heavy (non-hydrogen) atoms. The normalized spacial score (nSPS) is 11.0. The minimum atomic E-state index is -3.83. The minimum Gasteiger partial charge on any atom is -0.496 e. The molecule has 0 aliphatic carbocycles. The molecule has 0 fully saturated rings. The number of rotatable bonds is 6. The molecule has 0 amide bonds. The van der Waals surface area contributed by atoms with Gasteiger partial charge in [-0.05, 0) is 48.4 Å². The smallest absolute Gasteiger partial charge is 0.339 e. The van der Waals surface area contributed by atoms with E-state index in [0.29, 0.717) is 12.2 Å². The van der Waals surface area contributed by atoms with Crippen LogP contribution in [-0.2, 0) is 21.2 Å². The predicted molar refractivity (Wildman–Crippen MR) is 96.0 cm³/mol.